The van der Waals surface area contributed by atoms with Gasteiger partial charge in [-0.1, -0.05) is 17.3 Å². The molecule has 0 radical (unpaired) electrons. The van der Waals surface area contributed by atoms with Gasteiger partial charge in [-0.15, -0.1) is 5.10 Å². The van der Waals surface area contributed by atoms with Crippen molar-refractivity contribution in [3.63, 3.8) is 0 Å². The van der Waals surface area contributed by atoms with Crippen molar-refractivity contribution in [2.75, 3.05) is 13.1 Å². The summed E-state index contributed by atoms with van der Waals surface area (Å²) in [7, 11) is 0. The Hall–Kier alpha value is -1.80. The van der Waals surface area contributed by atoms with Crippen molar-refractivity contribution in [2.45, 2.75) is 45.1 Å². The van der Waals surface area contributed by atoms with Crippen LogP contribution in [-0.2, 0) is 24.3 Å². The van der Waals surface area contributed by atoms with E-state index in [0.29, 0.717) is 19.0 Å². The highest BCUT2D eigenvalue weighted by atomic mass is 16.5. The topological polar surface area (TPSA) is 82.1 Å². The predicted octanol–water partition coefficient (Wildman–Crippen LogP) is 0.569. The lowest BCUT2D eigenvalue weighted by Crippen LogP contribution is -2.47. The number of piperidine rings is 1. The first-order valence-corrected chi connectivity index (χ1v) is 7.38. The summed E-state index contributed by atoms with van der Waals surface area (Å²) in [6.07, 6.45) is 3.77. The molecule has 8 heteroatoms. The van der Waals surface area contributed by atoms with E-state index in [-0.39, 0.29) is 12.1 Å². The second kappa shape index (κ2) is 5.19. The Bertz CT molecular complexity index is 624. The Morgan fingerprint density at radius 2 is 2.38 bits per heavy atom. The summed E-state index contributed by atoms with van der Waals surface area (Å²) in [5, 5.41) is 12.2. The molecule has 21 heavy (non-hydrogen) atoms. The van der Waals surface area contributed by atoms with Gasteiger partial charge in [-0.2, -0.15) is 4.98 Å². The van der Waals surface area contributed by atoms with Crippen LogP contribution in [0, 0.1) is 0 Å². The SMILES string of the molecule is CCc1nc(CN2CC[C@@H]3OCc4cnnn4[C@H]3C2)no1. The molecule has 2 aromatic rings. The van der Waals surface area contributed by atoms with Crippen molar-refractivity contribution in [1.29, 1.82) is 0 Å². The molecule has 0 amide bonds. The largest absolute Gasteiger partial charge is 0.370 e. The Labute approximate surface area is 122 Å². The van der Waals surface area contributed by atoms with Crippen molar-refractivity contribution in [3.8, 4) is 0 Å². The van der Waals surface area contributed by atoms with Gasteiger partial charge in [0.1, 0.15) is 0 Å². The first kappa shape index (κ1) is 12.9. The van der Waals surface area contributed by atoms with Crippen molar-refractivity contribution in [1.82, 2.24) is 30.0 Å². The number of fused-ring (bicyclic) bond motifs is 3. The van der Waals surface area contributed by atoms with Gasteiger partial charge in [-0.25, -0.2) is 4.68 Å². The number of likely N-dealkylation sites (tertiary alicyclic amines) is 1. The molecule has 0 spiro atoms. The first-order chi connectivity index (χ1) is 10.3. The zero-order valence-corrected chi connectivity index (χ0v) is 12.0. The monoisotopic (exact) mass is 290 g/mol. The van der Waals surface area contributed by atoms with Crippen LogP contribution in [0.1, 0.15) is 36.8 Å². The molecular formula is C13H18N6O2. The fourth-order valence-corrected chi connectivity index (χ4v) is 3.09. The highest BCUT2D eigenvalue weighted by Gasteiger charge is 2.36. The molecule has 2 aliphatic heterocycles. The fraction of sp³-hybridized carbons (Fsp3) is 0.692. The fourth-order valence-electron chi connectivity index (χ4n) is 3.09. The maximum absolute atomic E-state index is 5.91. The van der Waals surface area contributed by atoms with Crippen molar-refractivity contribution >= 4 is 0 Å². The lowest BCUT2D eigenvalue weighted by molar-refractivity contribution is -0.0673. The summed E-state index contributed by atoms with van der Waals surface area (Å²) < 4.78 is 13.1. The van der Waals surface area contributed by atoms with Gasteiger partial charge in [0, 0.05) is 19.5 Å². The smallest absolute Gasteiger partial charge is 0.226 e. The summed E-state index contributed by atoms with van der Waals surface area (Å²) in [6.45, 7) is 5.17. The van der Waals surface area contributed by atoms with Gasteiger partial charge in [-0.3, -0.25) is 4.90 Å². The predicted molar refractivity (Wildman–Crippen MR) is 71.2 cm³/mol. The number of aromatic nitrogens is 5. The molecule has 0 saturated carbocycles. The second-order valence-corrected chi connectivity index (χ2v) is 5.57. The van der Waals surface area contributed by atoms with Crippen LogP contribution in [0.3, 0.4) is 0 Å². The van der Waals surface area contributed by atoms with Crippen LogP contribution < -0.4 is 0 Å². The van der Waals surface area contributed by atoms with Gasteiger partial charge in [-0.05, 0) is 6.42 Å². The Morgan fingerprint density at radius 3 is 3.24 bits per heavy atom. The average Bonchev–Trinajstić information content (AvgIpc) is 3.15. The summed E-state index contributed by atoms with van der Waals surface area (Å²) >= 11 is 0. The van der Waals surface area contributed by atoms with Crippen LogP contribution in [0.4, 0.5) is 0 Å². The van der Waals surface area contributed by atoms with E-state index in [4.69, 9.17) is 9.26 Å². The zero-order chi connectivity index (χ0) is 14.2. The zero-order valence-electron chi connectivity index (χ0n) is 12.0. The van der Waals surface area contributed by atoms with Gasteiger partial charge >= 0.3 is 0 Å². The number of hydrogen-bond donors (Lipinski definition) is 0. The van der Waals surface area contributed by atoms with E-state index < -0.39 is 0 Å². The average molecular weight is 290 g/mol. The molecule has 4 rings (SSSR count). The minimum Gasteiger partial charge on any atom is -0.370 e. The molecule has 0 aromatic carbocycles. The summed E-state index contributed by atoms with van der Waals surface area (Å²) in [5.74, 6) is 1.44. The second-order valence-electron chi connectivity index (χ2n) is 5.57. The van der Waals surface area contributed by atoms with E-state index in [2.05, 4.69) is 25.4 Å². The molecule has 0 N–H and O–H groups in total. The van der Waals surface area contributed by atoms with E-state index in [1.165, 1.54) is 0 Å². The third-order valence-corrected chi connectivity index (χ3v) is 4.19. The summed E-state index contributed by atoms with van der Waals surface area (Å²) in [4.78, 5) is 6.70. The third-order valence-electron chi connectivity index (χ3n) is 4.19. The van der Waals surface area contributed by atoms with Crippen LogP contribution in [0.15, 0.2) is 10.7 Å². The Balaban J connectivity index is 1.48. The molecule has 0 bridgehead atoms. The molecule has 1 saturated heterocycles. The van der Waals surface area contributed by atoms with Crippen LogP contribution >= 0.6 is 0 Å². The maximum atomic E-state index is 5.91. The van der Waals surface area contributed by atoms with Crippen LogP contribution in [0.25, 0.3) is 0 Å². The molecule has 8 nitrogen and oxygen atoms in total. The number of nitrogens with zero attached hydrogens (tertiary/aromatic N) is 6. The highest BCUT2D eigenvalue weighted by molar-refractivity contribution is 5.01. The van der Waals surface area contributed by atoms with Crippen molar-refractivity contribution in [2.24, 2.45) is 0 Å². The van der Waals surface area contributed by atoms with Gasteiger partial charge in [0.25, 0.3) is 0 Å². The molecule has 1 fully saturated rings. The number of aryl methyl sites for hydroxylation is 1. The molecule has 0 aliphatic carbocycles. The lowest BCUT2D eigenvalue weighted by atomic mass is 10.0. The van der Waals surface area contributed by atoms with Gasteiger partial charge in [0.15, 0.2) is 5.82 Å². The molecule has 4 heterocycles. The van der Waals surface area contributed by atoms with Crippen molar-refractivity contribution < 1.29 is 9.26 Å². The van der Waals surface area contributed by atoms with E-state index >= 15 is 0 Å². The molecular weight excluding hydrogens is 272 g/mol. The van der Waals surface area contributed by atoms with Crippen LogP contribution in [0.5, 0.6) is 0 Å². The highest BCUT2D eigenvalue weighted by Crippen LogP contribution is 2.30. The maximum Gasteiger partial charge on any atom is 0.226 e. The van der Waals surface area contributed by atoms with Gasteiger partial charge in [0.05, 0.1) is 37.2 Å². The van der Waals surface area contributed by atoms with Gasteiger partial charge in [0.2, 0.25) is 5.89 Å². The Morgan fingerprint density at radius 1 is 1.43 bits per heavy atom. The lowest BCUT2D eigenvalue weighted by Gasteiger charge is -2.40. The number of rotatable bonds is 3. The molecule has 2 aliphatic rings. The van der Waals surface area contributed by atoms with E-state index in [1.807, 2.05) is 11.6 Å². The van der Waals surface area contributed by atoms with Gasteiger partial charge < -0.3 is 9.26 Å². The van der Waals surface area contributed by atoms with E-state index in [9.17, 15) is 0 Å². The minimum absolute atomic E-state index is 0.225. The first-order valence-electron chi connectivity index (χ1n) is 7.38. The summed E-state index contributed by atoms with van der Waals surface area (Å²) in [6, 6.07) is 0.225. The third kappa shape index (κ3) is 2.34. The molecule has 112 valence electrons. The minimum atomic E-state index is 0.225. The Kier molecular flexibility index (Phi) is 3.19. The van der Waals surface area contributed by atoms with Crippen molar-refractivity contribution in [3.05, 3.63) is 23.6 Å². The van der Waals surface area contributed by atoms with Crippen LogP contribution in [0.2, 0.25) is 0 Å². The quantitative estimate of drug-likeness (QED) is 0.817. The summed E-state index contributed by atoms with van der Waals surface area (Å²) in [5.41, 5.74) is 1.05. The molecule has 2 atom stereocenters. The number of ether oxygens (including phenoxy) is 1. The number of hydrogen-bond acceptors (Lipinski definition) is 7. The normalized spacial score (nSPS) is 25.6. The molecule has 0 unspecified atom stereocenters. The van der Waals surface area contributed by atoms with Crippen LogP contribution in [-0.4, -0.2) is 49.2 Å². The molecule has 2 aromatic heterocycles. The van der Waals surface area contributed by atoms with E-state index in [0.717, 1.165) is 37.4 Å². The van der Waals surface area contributed by atoms with E-state index in [1.54, 1.807) is 6.20 Å². The standard InChI is InChI=1S/C13H18N6O2/c1-2-13-15-12(16-21-13)7-18-4-3-11-10(6-18)19-9(8-20-11)5-14-17-19/h5,10-11H,2-4,6-8H2,1H3/t10-,11-/m0/s1.